The van der Waals surface area contributed by atoms with Gasteiger partial charge in [0.2, 0.25) is 15.9 Å². The molecule has 0 saturated carbocycles. The van der Waals surface area contributed by atoms with E-state index >= 15 is 0 Å². The summed E-state index contributed by atoms with van der Waals surface area (Å²) in [5, 5.41) is 0. The fourth-order valence-electron chi connectivity index (χ4n) is 2.85. The molecule has 0 radical (unpaired) electrons. The Balaban J connectivity index is 2.05. The van der Waals surface area contributed by atoms with Gasteiger partial charge in [-0.05, 0) is 29.2 Å². The van der Waals surface area contributed by atoms with Crippen LogP contribution in [0, 0.1) is 0 Å². The van der Waals surface area contributed by atoms with Gasteiger partial charge in [-0.15, -0.1) is 0 Å². The summed E-state index contributed by atoms with van der Waals surface area (Å²) >= 11 is 0. The number of carbonyl (C=O) groups excluding carboxylic acids is 1. The number of nitrogens with zero attached hydrogens (tertiary/aromatic N) is 2. The molecular formula is C21H28N2O3S. The SMILES string of the molecule is CC(C)c1ccc(N(CCC(=O)N(C)Cc2ccccc2)S(C)(=O)=O)cc1. The van der Waals surface area contributed by atoms with Gasteiger partial charge < -0.3 is 4.90 Å². The van der Waals surface area contributed by atoms with Gasteiger partial charge in [0.1, 0.15) is 0 Å². The molecule has 0 N–H and O–H groups in total. The number of amides is 1. The van der Waals surface area contributed by atoms with Crippen LogP contribution < -0.4 is 4.31 Å². The van der Waals surface area contributed by atoms with E-state index in [4.69, 9.17) is 0 Å². The molecule has 5 nitrogen and oxygen atoms in total. The molecule has 146 valence electrons. The molecule has 0 aliphatic rings. The van der Waals surface area contributed by atoms with Crippen molar-refractivity contribution in [3.8, 4) is 0 Å². The second-order valence-electron chi connectivity index (χ2n) is 7.07. The van der Waals surface area contributed by atoms with Crippen molar-refractivity contribution in [3.63, 3.8) is 0 Å². The fraction of sp³-hybridized carbons (Fsp3) is 0.381. The van der Waals surface area contributed by atoms with Gasteiger partial charge in [-0.25, -0.2) is 8.42 Å². The van der Waals surface area contributed by atoms with Gasteiger partial charge in [-0.1, -0.05) is 56.3 Å². The molecule has 1 amide bonds. The first kappa shape index (κ1) is 21.0. The Morgan fingerprint density at radius 2 is 1.59 bits per heavy atom. The van der Waals surface area contributed by atoms with Crippen molar-refractivity contribution in [1.82, 2.24) is 4.90 Å². The normalized spacial score (nSPS) is 11.4. The zero-order valence-electron chi connectivity index (χ0n) is 16.4. The Labute approximate surface area is 162 Å². The Morgan fingerprint density at radius 1 is 1.00 bits per heavy atom. The summed E-state index contributed by atoms with van der Waals surface area (Å²) in [7, 11) is -1.74. The highest BCUT2D eigenvalue weighted by Gasteiger charge is 2.20. The molecule has 2 aromatic rings. The molecule has 0 fully saturated rings. The maximum absolute atomic E-state index is 12.5. The Kier molecular flexibility index (Phi) is 7.02. The lowest BCUT2D eigenvalue weighted by atomic mass is 10.0. The van der Waals surface area contributed by atoms with Gasteiger partial charge >= 0.3 is 0 Å². The first-order valence-electron chi connectivity index (χ1n) is 9.04. The molecule has 0 bridgehead atoms. The largest absolute Gasteiger partial charge is 0.341 e. The quantitative estimate of drug-likeness (QED) is 0.694. The van der Waals surface area contributed by atoms with Crippen LogP contribution in [-0.2, 0) is 21.4 Å². The lowest BCUT2D eigenvalue weighted by Gasteiger charge is -2.24. The summed E-state index contributed by atoms with van der Waals surface area (Å²) in [4.78, 5) is 14.1. The highest BCUT2D eigenvalue weighted by atomic mass is 32.2. The average Bonchev–Trinajstić information content (AvgIpc) is 2.61. The van der Waals surface area contributed by atoms with Crippen molar-refractivity contribution >= 4 is 21.6 Å². The van der Waals surface area contributed by atoms with Gasteiger partial charge in [-0.3, -0.25) is 9.10 Å². The molecule has 0 aliphatic carbocycles. The number of rotatable bonds is 8. The van der Waals surface area contributed by atoms with Crippen LogP contribution in [0.2, 0.25) is 0 Å². The number of anilines is 1. The number of hydrogen-bond donors (Lipinski definition) is 0. The summed E-state index contributed by atoms with van der Waals surface area (Å²) in [6.45, 7) is 4.80. The van der Waals surface area contributed by atoms with Crippen LogP contribution in [0.5, 0.6) is 0 Å². The van der Waals surface area contributed by atoms with E-state index in [1.54, 1.807) is 24.1 Å². The maximum Gasteiger partial charge on any atom is 0.232 e. The number of hydrogen-bond acceptors (Lipinski definition) is 3. The predicted molar refractivity (Wildman–Crippen MR) is 110 cm³/mol. The number of sulfonamides is 1. The third-order valence-electron chi connectivity index (χ3n) is 4.47. The first-order valence-corrected chi connectivity index (χ1v) is 10.9. The maximum atomic E-state index is 12.5. The van der Waals surface area contributed by atoms with Crippen LogP contribution in [0.4, 0.5) is 5.69 Å². The lowest BCUT2D eigenvalue weighted by Crippen LogP contribution is -2.35. The van der Waals surface area contributed by atoms with Crippen molar-refractivity contribution in [2.45, 2.75) is 32.7 Å². The molecule has 0 unspecified atom stereocenters. The molecule has 0 heterocycles. The molecular weight excluding hydrogens is 360 g/mol. The van der Waals surface area contributed by atoms with Crippen LogP contribution in [-0.4, -0.2) is 39.1 Å². The second-order valence-corrected chi connectivity index (χ2v) is 8.97. The third-order valence-corrected chi connectivity index (χ3v) is 5.66. The highest BCUT2D eigenvalue weighted by Crippen LogP contribution is 2.22. The second kappa shape index (κ2) is 9.04. The van der Waals surface area contributed by atoms with Crippen LogP contribution in [0.15, 0.2) is 54.6 Å². The van der Waals surface area contributed by atoms with Gasteiger partial charge in [-0.2, -0.15) is 0 Å². The lowest BCUT2D eigenvalue weighted by molar-refractivity contribution is -0.130. The monoisotopic (exact) mass is 388 g/mol. The molecule has 0 aliphatic heterocycles. The van der Waals surface area contributed by atoms with Crippen LogP contribution in [0.1, 0.15) is 37.3 Å². The van der Waals surface area contributed by atoms with Crippen molar-refractivity contribution in [3.05, 3.63) is 65.7 Å². The van der Waals surface area contributed by atoms with Crippen molar-refractivity contribution in [1.29, 1.82) is 0 Å². The molecule has 0 spiro atoms. The molecule has 2 rings (SSSR count). The Morgan fingerprint density at radius 3 is 2.11 bits per heavy atom. The van der Waals surface area contributed by atoms with Crippen LogP contribution >= 0.6 is 0 Å². The van der Waals surface area contributed by atoms with Crippen molar-refractivity contribution < 1.29 is 13.2 Å². The summed E-state index contributed by atoms with van der Waals surface area (Å²) in [6, 6.07) is 17.2. The topological polar surface area (TPSA) is 57.7 Å². The van der Waals surface area contributed by atoms with Crippen molar-refractivity contribution in [2.24, 2.45) is 0 Å². The van der Waals surface area contributed by atoms with Crippen LogP contribution in [0.3, 0.4) is 0 Å². The minimum Gasteiger partial charge on any atom is -0.341 e. The van der Waals surface area contributed by atoms with Gasteiger partial charge in [0.05, 0.1) is 11.9 Å². The minimum atomic E-state index is -3.47. The summed E-state index contributed by atoms with van der Waals surface area (Å²) in [5.74, 6) is 0.283. The zero-order valence-corrected chi connectivity index (χ0v) is 17.2. The highest BCUT2D eigenvalue weighted by molar-refractivity contribution is 7.92. The van der Waals surface area contributed by atoms with E-state index in [-0.39, 0.29) is 18.9 Å². The Bertz CT molecular complexity index is 847. The predicted octanol–water partition coefficient (Wildman–Crippen LogP) is 3.62. The van der Waals surface area contributed by atoms with E-state index in [1.807, 2.05) is 42.5 Å². The van der Waals surface area contributed by atoms with E-state index < -0.39 is 10.0 Å². The van der Waals surface area contributed by atoms with E-state index in [0.29, 0.717) is 18.2 Å². The zero-order chi connectivity index (χ0) is 20.0. The number of carbonyl (C=O) groups is 1. The third kappa shape index (κ3) is 6.10. The fourth-order valence-corrected chi connectivity index (χ4v) is 3.77. The van der Waals surface area contributed by atoms with E-state index in [0.717, 1.165) is 11.1 Å². The van der Waals surface area contributed by atoms with E-state index in [9.17, 15) is 13.2 Å². The summed E-state index contributed by atoms with van der Waals surface area (Å²) in [6.07, 6.45) is 1.30. The van der Waals surface area contributed by atoms with Crippen molar-refractivity contribution in [2.75, 3.05) is 24.2 Å². The van der Waals surface area contributed by atoms with Gasteiger partial charge in [0, 0.05) is 26.6 Å². The first-order chi connectivity index (χ1) is 12.7. The summed E-state index contributed by atoms with van der Waals surface area (Å²) in [5.41, 5.74) is 2.77. The van der Waals surface area contributed by atoms with Gasteiger partial charge in [0.15, 0.2) is 0 Å². The minimum absolute atomic E-state index is 0.0914. The van der Waals surface area contributed by atoms with E-state index in [2.05, 4.69) is 13.8 Å². The van der Waals surface area contributed by atoms with E-state index in [1.165, 1.54) is 10.6 Å². The number of benzene rings is 2. The standard InChI is InChI=1S/C21H28N2O3S/c1-17(2)19-10-12-20(13-11-19)23(27(4,25)26)15-14-21(24)22(3)16-18-8-6-5-7-9-18/h5-13,17H,14-16H2,1-4H3. The summed E-state index contributed by atoms with van der Waals surface area (Å²) < 4.78 is 25.7. The molecule has 6 heteroatoms. The molecule has 0 saturated heterocycles. The smallest absolute Gasteiger partial charge is 0.232 e. The molecule has 0 aromatic heterocycles. The molecule has 2 aromatic carbocycles. The van der Waals surface area contributed by atoms with Gasteiger partial charge in [0.25, 0.3) is 0 Å². The molecule has 0 atom stereocenters. The molecule has 27 heavy (non-hydrogen) atoms. The Hall–Kier alpha value is -2.34. The van der Waals surface area contributed by atoms with Crippen LogP contribution in [0.25, 0.3) is 0 Å². The average molecular weight is 389 g/mol.